The van der Waals surface area contributed by atoms with Gasteiger partial charge in [-0.1, -0.05) is 43.3 Å². The molecule has 2 rings (SSSR count). The van der Waals surface area contributed by atoms with Crippen molar-refractivity contribution in [3.63, 3.8) is 0 Å². The minimum Gasteiger partial charge on any atom is -0.508 e. The van der Waals surface area contributed by atoms with E-state index < -0.39 is 41.5 Å². The molecule has 39 heavy (non-hydrogen) atoms. The lowest BCUT2D eigenvalue weighted by molar-refractivity contribution is -0.141. The van der Waals surface area contributed by atoms with Crippen LogP contribution in [0.3, 0.4) is 0 Å². The van der Waals surface area contributed by atoms with Crippen LogP contribution >= 0.6 is 0 Å². The first kappa shape index (κ1) is 31.1. The Kier molecular flexibility index (Phi) is 10.9. The van der Waals surface area contributed by atoms with E-state index >= 15 is 0 Å². The number of aromatic hydroxyl groups is 1. The molecule has 2 aromatic carbocycles. The van der Waals surface area contributed by atoms with Gasteiger partial charge in [0, 0.05) is 24.2 Å². The summed E-state index contributed by atoms with van der Waals surface area (Å²) in [5.41, 5.74) is 6.99. The quantitative estimate of drug-likeness (QED) is 0.337. The summed E-state index contributed by atoms with van der Waals surface area (Å²) in [4.78, 5) is 53.4. The second kappa shape index (κ2) is 13.6. The first-order chi connectivity index (χ1) is 18.2. The number of hydrogen-bond donors (Lipinski definition) is 4. The first-order valence-corrected chi connectivity index (χ1v) is 13.0. The molecule has 0 fully saturated rings. The van der Waals surface area contributed by atoms with Crippen LogP contribution < -0.4 is 16.4 Å². The van der Waals surface area contributed by atoms with Gasteiger partial charge in [0.05, 0.1) is 0 Å². The zero-order valence-electron chi connectivity index (χ0n) is 23.5. The Balaban J connectivity index is 2.56. The zero-order valence-corrected chi connectivity index (χ0v) is 23.5. The molecule has 0 bridgehead atoms. The van der Waals surface area contributed by atoms with Crippen molar-refractivity contribution < 1.29 is 29.0 Å². The van der Waals surface area contributed by atoms with Crippen molar-refractivity contribution in [1.82, 2.24) is 10.2 Å². The van der Waals surface area contributed by atoms with Crippen molar-refractivity contribution in [1.29, 1.82) is 0 Å². The van der Waals surface area contributed by atoms with Crippen molar-refractivity contribution in [3.8, 4) is 5.75 Å². The Morgan fingerprint density at radius 1 is 1.03 bits per heavy atom. The van der Waals surface area contributed by atoms with Crippen molar-refractivity contribution >= 4 is 29.5 Å². The number of nitrogens with two attached hydrogens (primary N) is 1. The third kappa shape index (κ3) is 9.01. The van der Waals surface area contributed by atoms with Gasteiger partial charge < -0.3 is 31.1 Å². The molecule has 0 aromatic heterocycles. The van der Waals surface area contributed by atoms with E-state index in [-0.39, 0.29) is 30.7 Å². The smallest absolute Gasteiger partial charge is 0.408 e. The number of amides is 4. The summed E-state index contributed by atoms with van der Waals surface area (Å²) in [5.74, 6) is -1.97. The molecule has 2 atom stereocenters. The third-order valence-electron chi connectivity index (χ3n) is 5.94. The number of primary amides is 1. The molecule has 0 radical (unpaired) electrons. The summed E-state index contributed by atoms with van der Waals surface area (Å²) < 4.78 is 5.33. The molecule has 0 aliphatic rings. The number of rotatable bonds is 11. The Morgan fingerprint density at radius 2 is 1.64 bits per heavy atom. The number of nitrogens with one attached hydrogen (secondary N) is 2. The summed E-state index contributed by atoms with van der Waals surface area (Å²) >= 11 is 0. The van der Waals surface area contributed by atoms with Gasteiger partial charge >= 0.3 is 6.09 Å². The van der Waals surface area contributed by atoms with Gasteiger partial charge in [0.2, 0.25) is 11.8 Å². The molecule has 2 aromatic rings. The summed E-state index contributed by atoms with van der Waals surface area (Å²) in [6, 6.07) is 9.42. The lowest BCUT2D eigenvalue weighted by atomic mass is 9.99. The summed E-state index contributed by atoms with van der Waals surface area (Å²) in [6.07, 6.45) is -0.649. The minimum absolute atomic E-state index is 0.0976. The first-order valence-electron chi connectivity index (χ1n) is 13.0. The summed E-state index contributed by atoms with van der Waals surface area (Å²) in [5, 5.41) is 16.2. The second-order valence-electron chi connectivity index (χ2n) is 10.5. The van der Waals surface area contributed by atoms with E-state index in [9.17, 15) is 24.3 Å². The van der Waals surface area contributed by atoms with Crippen LogP contribution in [0.15, 0.2) is 42.5 Å². The number of aryl methyl sites for hydroxylation is 2. The van der Waals surface area contributed by atoms with Gasteiger partial charge in [-0.25, -0.2) is 4.79 Å². The fraction of sp³-hybridized carbons (Fsp3) is 0.448. The molecule has 10 nitrogen and oxygen atoms in total. The van der Waals surface area contributed by atoms with Crippen molar-refractivity contribution in [2.45, 2.75) is 78.5 Å². The maximum atomic E-state index is 14.0. The number of para-hydroxylation sites is 2. The van der Waals surface area contributed by atoms with Gasteiger partial charge in [-0.3, -0.25) is 14.4 Å². The van der Waals surface area contributed by atoms with Gasteiger partial charge in [-0.05, 0) is 64.7 Å². The van der Waals surface area contributed by atoms with Gasteiger partial charge in [0.15, 0.2) is 0 Å². The lowest BCUT2D eigenvalue weighted by Crippen LogP contribution is -2.52. The fourth-order valence-corrected chi connectivity index (χ4v) is 4.17. The highest BCUT2D eigenvalue weighted by molar-refractivity contribution is 6.00. The monoisotopic (exact) mass is 540 g/mol. The van der Waals surface area contributed by atoms with E-state index in [0.29, 0.717) is 12.1 Å². The molecule has 0 spiro atoms. The molecule has 212 valence electrons. The molecule has 0 saturated heterocycles. The molecule has 10 heteroatoms. The number of ether oxygens (including phenoxy) is 1. The van der Waals surface area contributed by atoms with Crippen molar-refractivity contribution in [2.24, 2.45) is 5.73 Å². The maximum absolute atomic E-state index is 14.0. The van der Waals surface area contributed by atoms with Crippen LogP contribution in [0, 0.1) is 13.8 Å². The Labute approximate surface area is 229 Å². The summed E-state index contributed by atoms with van der Waals surface area (Å²) in [7, 11) is 0. The van der Waals surface area contributed by atoms with Crippen LogP contribution in [0.5, 0.6) is 5.75 Å². The van der Waals surface area contributed by atoms with Crippen LogP contribution in [0.2, 0.25) is 0 Å². The number of carbonyl (C=O) groups is 4. The van der Waals surface area contributed by atoms with Crippen LogP contribution in [0.25, 0.3) is 0 Å². The Bertz CT molecular complexity index is 1170. The van der Waals surface area contributed by atoms with E-state index in [2.05, 4.69) is 10.6 Å². The number of benzene rings is 2. The normalized spacial score (nSPS) is 12.7. The van der Waals surface area contributed by atoms with E-state index in [1.807, 2.05) is 39.0 Å². The predicted octanol–water partition coefficient (Wildman–Crippen LogP) is 4.09. The average molecular weight is 541 g/mol. The zero-order chi connectivity index (χ0) is 29.3. The van der Waals surface area contributed by atoms with Crippen LogP contribution in [0.4, 0.5) is 10.5 Å². The van der Waals surface area contributed by atoms with Crippen LogP contribution in [0.1, 0.15) is 69.7 Å². The molecular weight excluding hydrogens is 500 g/mol. The van der Waals surface area contributed by atoms with E-state index in [1.165, 1.54) is 11.0 Å². The number of phenolic OH excluding ortho intramolecular Hbond substituents is 1. The minimum atomic E-state index is -1.24. The topological polar surface area (TPSA) is 151 Å². The standard InChI is InChI=1S/C29H40N4O6/c1-7-17-33(27(37)21(15-16-23(30)35)31-28(38)39-29(4,5)6)25(20-13-8-9-14-22(20)34)26(36)32-24-18(2)11-10-12-19(24)3/h8-14,21,25,34H,7,15-17H2,1-6H3,(H2,30,35)(H,31,38)(H,32,36). The second-order valence-corrected chi connectivity index (χ2v) is 10.5. The number of carbonyl (C=O) groups excluding carboxylic acids is 4. The van der Waals surface area contributed by atoms with Gasteiger partial charge in [0.25, 0.3) is 5.91 Å². The fourth-order valence-electron chi connectivity index (χ4n) is 4.17. The number of alkyl carbamates (subject to hydrolysis) is 1. The Hall–Kier alpha value is -4.08. The molecule has 0 saturated carbocycles. The number of phenols is 1. The molecule has 4 amide bonds. The predicted molar refractivity (Wildman–Crippen MR) is 149 cm³/mol. The molecule has 2 unspecified atom stereocenters. The van der Waals surface area contributed by atoms with Gasteiger partial charge in [-0.15, -0.1) is 0 Å². The largest absolute Gasteiger partial charge is 0.508 e. The van der Waals surface area contributed by atoms with Crippen LogP contribution in [-0.2, 0) is 19.1 Å². The van der Waals surface area contributed by atoms with E-state index in [0.717, 1.165) is 11.1 Å². The molecule has 0 heterocycles. The average Bonchev–Trinajstić information content (AvgIpc) is 2.83. The summed E-state index contributed by atoms with van der Waals surface area (Å²) in [6.45, 7) is 10.7. The van der Waals surface area contributed by atoms with Gasteiger partial charge in [-0.2, -0.15) is 0 Å². The Morgan fingerprint density at radius 3 is 2.18 bits per heavy atom. The number of anilines is 1. The highest BCUT2D eigenvalue weighted by atomic mass is 16.6. The third-order valence-corrected chi connectivity index (χ3v) is 5.94. The highest BCUT2D eigenvalue weighted by Crippen LogP contribution is 2.32. The molecule has 0 aliphatic carbocycles. The molecule has 0 aliphatic heterocycles. The van der Waals surface area contributed by atoms with Gasteiger partial charge in [0.1, 0.15) is 23.4 Å². The number of nitrogens with zero attached hydrogens (tertiary/aromatic N) is 1. The van der Waals surface area contributed by atoms with E-state index in [4.69, 9.17) is 10.5 Å². The highest BCUT2D eigenvalue weighted by Gasteiger charge is 2.37. The molecule has 5 N–H and O–H groups in total. The van der Waals surface area contributed by atoms with Crippen molar-refractivity contribution in [2.75, 3.05) is 11.9 Å². The van der Waals surface area contributed by atoms with Crippen molar-refractivity contribution in [3.05, 3.63) is 59.2 Å². The maximum Gasteiger partial charge on any atom is 0.408 e. The van der Waals surface area contributed by atoms with Crippen LogP contribution in [-0.4, -0.2) is 52.0 Å². The number of hydrogen-bond acceptors (Lipinski definition) is 6. The SMILES string of the molecule is CCCN(C(=O)C(CCC(N)=O)NC(=O)OC(C)(C)C)C(C(=O)Nc1c(C)cccc1C)c1ccccc1O. The lowest BCUT2D eigenvalue weighted by Gasteiger charge is -2.34. The van der Waals surface area contributed by atoms with E-state index in [1.54, 1.807) is 39.0 Å². The molecular formula is C29H40N4O6.